The highest BCUT2D eigenvalue weighted by Crippen LogP contribution is 2.32. The minimum atomic E-state index is 0.0620. The van der Waals surface area contributed by atoms with Crippen molar-refractivity contribution in [2.24, 2.45) is 13.0 Å². The lowest BCUT2D eigenvalue weighted by molar-refractivity contribution is 0.0592. The summed E-state index contributed by atoms with van der Waals surface area (Å²) >= 11 is 0. The average molecular weight is 312 g/mol. The molecule has 1 aromatic carbocycles. The van der Waals surface area contributed by atoms with Crippen LogP contribution < -0.4 is 5.32 Å². The van der Waals surface area contributed by atoms with Crippen LogP contribution in [-0.2, 0) is 11.8 Å². The van der Waals surface area contributed by atoms with Crippen molar-refractivity contribution in [1.82, 2.24) is 14.5 Å². The Morgan fingerprint density at radius 3 is 2.83 bits per heavy atom. The number of fused-ring (bicyclic) bond motifs is 1. The molecule has 3 aromatic rings. The van der Waals surface area contributed by atoms with Gasteiger partial charge in [0.2, 0.25) is 0 Å². The number of nitrogens with zero attached hydrogens (tertiary/aromatic N) is 3. The third-order valence-electron chi connectivity index (χ3n) is 4.45. The highest BCUT2D eigenvalue weighted by Gasteiger charge is 2.29. The molecule has 2 aromatic heterocycles. The largest absolute Gasteiger partial charge is 0.424 e. The van der Waals surface area contributed by atoms with Gasteiger partial charge in [0.15, 0.2) is 5.58 Å². The van der Waals surface area contributed by atoms with E-state index in [0.29, 0.717) is 11.9 Å². The molecule has 1 aliphatic rings. The van der Waals surface area contributed by atoms with E-state index in [1.54, 1.807) is 0 Å². The number of benzene rings is 1. The summed E-state index contributed by atoms with van der Waals surface area (Å²) in [5.41, 5.74) is 1.65. The predicted molar refractivity (Wildman–Crippen MR) is 87.1 cm³/mol. The molecule has 23 heavy (non-hydrogen) atoms. The monoisotopic (exact) mass is 312 g/mol. The summed E-state index contributed by atoms with van der Waals surface area (Å²) in [6.45, 7) is 1.58. The topological polar surface area (TPSA) is 65.1 Å². The summed E-state index contributed by atoms with van der Waals surface area (Å²) in [5, 5.41) is 3.46. The van der Waals surface area contributed by atoms with Gasteiger partial charge in [0.05, 0.1) is 6.04 Å². The van der Waals surface area contributed by atoms with Gasteiger partial charge in [0.1, 0.15) is 11.3 Å². The Balaban J connectivity index is 1.65. The smallest absolute Gasteiger partial charge is 0.296 e. The van der Waals surface area contributed by atoms with Crippen molar-refractivity contribution in [3.8, 4) is 0 Å². The van der Waals surface area contributed by atoms with Crippen molar-refractivity contribution in [2.75, 3.05) is 18.5 Å². The summed E-state index contributed by atoms with van der Waals surface area (Å²) in [6, 6.07) is 8.40. The van der Waals surface area contributed by atoms with Crippen molar-refractivity contribution in [3.63, 3.8) is 0 Å². The summed E-state index contributed by atoms with van der Waals surface area (Å²) in [7, 11) is 2.02. The van der Waals surface area contributed by atoms with Crippen LogP contribution in [0.25, 0.3) is 11.1 Å². The first-order valence-electron chi connectivity index (χ1n) is 7.98. The van der Waals surface area contributed by atoms with E-state index >= 15 is 0 Å². The second-order valence-corrected chi connectivity index (χ2v) is 5.95. The van der Waals surface area contributed by atoms with Crippen LogP contribution in [0.5, 0.6) is 0 Å². The molecule has 1 aliphatic heterocycles. The first-order valence-corrected chi connectivity index (χ1v) is 7.98. The molecule has 1 N–H and O–H groups in total. The number of ether oxygens (including phenoxy) is 1. The fraction of sp³-hybridized carbons (Fsp3) is 0.412. The van der Waals surface area contributed by atoms with Gasteiger partial charge in [0.25, 0.3) is 6.01 Å². The van der Waals surface area contributed by atoms with E-state index in [9.17, 15) is 0 Å². The van der Waals surface area contributed by atoms with E-state index in [4.69, 9.17) is 9.15 Å². The molecule has 0 saturated carbocycles. The lowest BCUT2D eigenvalue weighted by atomic mass is 9.91. The number of nitrogens with one attached hydrogen (secondary N) is 1. The molecule has 4 rings (SSSR count). The first kappa shape index (κ1) is 14.3. The van der Waals surface area contributed by atoms with Gasteiger partial charge in [-0.15, -0.1) is 0 Å². The number of rotatable bonds is 4. The van der Waals surface area contributed by atoms with Crippen LogP contribution in [0, 0.1) is 5.92 Å². The molecular weight excluding hydrogens is 292 g/mol. The highest BCUT2D eigenvalue weighted by molar-refractivity contribution is 5.74. The summed E-state index contributed by atoms with van der Waals surface area (Å²) in [4.78, 5) is 9.07. The second-order valence-electron chi connectivity index (χ2n) is 5.95. The zero-order valence-electron chi connectivity index (χ0n) is 13.1. The Morgan fingerprint density at radius 1 is 1.26 bits per heavy atom. The lowest BCUT2D eigenvalue weighted by Gasteiger charge is -2.30. The quantitative estimate of drug-likeness (QED) is 0.801. The van der Waals surface area contributed by atoms with Gasteiger partial charge in [-0.1, -0.05) is 12.1 Å². The molecule has 0 radical (unpaired) electrons. The molecule has 1 saturated heterocycles. The standard InChI is InChI=1S/C17H20N4O2/c1-21-9-8-18-16(21)15(12-6-10-22-11-7-12)20-17-19-13-4-2-3-5-14(13)23-17/h2-5,8-9,12,15H,6-7,10-11H2,1H3,(H,19,20)/t15-/m1/s1. The average Bonchev–Trinajstić information content (AvgIpc) is 3.19. The van der Waals surface area contributed by atoms with Gasteiger partial charge in [-0.2, -0.15) is 4.98 Å². The van der Waals surface area contributed by atoms with Crippen molar-refractivity contribution in [2.45, 2.75) is 18.9 Å². The minimum Gasteiger partial charge on any atom is -0.424 e. The molecule has 6 heteroatoms. The molecule has 6 nitrogen and oxygen atoms in total. The summed E-state index contributed by atoms with van der Waals surface area (Å²) in [5.74, 6) is 1.44. The van der Waals surface area contributed by atoms with Gasteiger partial charge >= 0.3 is 0 Å². The third-order valence-corrected chi connectivity index (χ3v) is 4.45. The Hall–Kier alpha value is -2.34. The zero-order chi connectivity index (χ0) is 15.6. The molecule has 0 bridgehead atoms. The fourth-order valence-corrected chi connectivity index (χ4v) is 3.19. The fourth-order valence-electron chi connectivity index (χ4n) is 3.19. The number of hydrogen-bond donors (Lipinski definition) is 1. The normalized spacial score (nSPS) is 17.4. The molecular formula is C17H20N4O2. The lowest BCUT2D eigenvalue weighted by Crippen LogP contribution is -2.29. The van der Waals surface area contributed by atoms with Crippen LogP contribution in [0.2, 0.25) is 0 Å². The molecule has 3 heterocycles. The van der Waals surface area contributed by atoms with E-state index in [2.05, 4.69) is 19.9 Å². The Morgan fingerprint density at radius 2 is 2.09 bits per heavy atom. The zero-order valence-corrected chi connectivity index (χ0v) is 13.1. The number of oxazole rings is 1. The molecule has 120 valence electrons. The number of para-hydroxylation sites is 2. The van der Waals surface area contributed by atoms with Crippen LogP contribution in [0.4, 0.5) is 6.01 Å². The highest BCUT2D eigenvalue weighted by atomic mass is 16.5. The number of anilines is 1. The number of imidazole rings is 1. The van der Waals surface area contributed by atoms with Crippen molar-refractivity contribution in [3.05, 3.63) is 42.5 Å². The van der Waals surface area contributed by atoms with Crippen LogP contribution in [0.3, 0.4) is 0 Å². The predicted octanol–water partition coefficient (Wildman–Crippen LogP) is 3.14. The van der Waals surface area contributed by atoms with Crippen molar-refractivity contribution < 1.29 is 9.15 Å². The van der Waals surface area contributed by atoms with E-state index < -0.39 is 0 Å². The van der Waals surface area contributed by atoms with E-state index in [1.807, 2.05) is 43.7 Å². The van der Waals surface area contributed by atoms with E-state index in [0.717, 1.165) is 43.0 Å². The molecule has 1 atom stereocenters. The third kappa shape index (κ3) is 2.82. The Bertz CT molecular complexity index is 756. The maximum atomic E-state index is 5.84. The maximum absolute atomic E-state index is 5.84. The second kappa shape index (κ2) is 6.04. The summed E-state index contributed by atoms with van der Waals surface area (Å²) < 4.78 is 13.4. The Kier molecular flexibility index (Phi) is 3.75. The SMILES string of the molecule is Cn1ccnc1[C@H](Nc1nc2ccccc2o1)C1CCOCC1. The van der Waals surface area contributed by atoms with Crippen LogP contribution in [0.15, 0.2) is 41.1 Å². The number of aryl methyl sites for hydroxylation is 1. The van der Waals surface area contributed by atoms with Crippen LogP contribution in [0.1, 0.15) is 24.7 Å². The van der Waals surface area contributed by atoms with Gasteiger partial charge in [-0.05, 0) is 30.9 Å². The van der Waals surface area contributed by atoms with E-state index in [-0.39, 0.29) is 6.04 Å². The molecule has 0 spiro atoms. The molecule has 0 unspecified atom stereocenters. The minimum absolute atomic E-state index is 0.0620. The van der Waals surface area contributed by atoms with Gasteiger partial charge in [-0.25, -0.2) is 4.98 Å². The molecule has 0 amide bonds. The first-order chi connectivity index (χ1) is 11.3. The Labute approximate surface area is 134 Å². The van der Waals surface area contributed by atoms with Crippen LogP contribution >= 0.6 is 0 Å². The number of aromatic nitrogens is 3. The number of hydrogen-bond acceptors (Lipinski definition) is 5. The van der Waals surface area contributed by atoms with Crippen LogP contribution in [-0.4, -0.2) is 27.7 Å². The molecule has 1 fully saturated rings. The van der Waals surface area contributed by atoms with E-state index in [1.165, 1.54) is 0 Å². The van der Waals surface area contributed by atoms with Gasteiger partial charge in [0, 0.05) is 32.7 Å². The van der Waals surface area contributed by atoms with Crippen molar-refractivity contribution in [1.29, 1.82) is 0 Å². The van der Waals surface area contributed by atoms with Gasteiger partial charge in [-0.3, -0.25) is 0 Å². The summed E-state index contributed by atoms with van der Waals surface area (Å²) in [6.07, 6.45) is 5.81. The molecule has 0 aliphatic carbocycles. The maximum Gasteiger partial charge on any atom is 0.296 e. The van der Waals surface area contributed by atoms with Crippen molar-refractivity contribution >= 4 is 17.1 Å². The van der Waals surface area contributed by atoms with Gasteiger partial charge < -0.3 is 19.0 Å².